The van der Waals surface area contributed by atoms with Crippen LogP contribution in [0.15, 0.2) is 84.9 Å². The molecule has 0 aliphatic heterocycles. The zero-order chi connectivity index (χ0) is 19.7. The fourth-order valence-electron chi connectivity index (χ4n) is 4.11. The molecular formula is C24H32Si3. The number of benzene rings is 3. The van der Waals surface area contributed by atoms with Crippen LogP contribution in [0.5, 0.6) is 0 Å². The fourth-order valence-corrected chi connectivity index (χ4v) is 17.9. The predicted molar refractivity (Wildman–Crippen MR) is 130 cm³/mol. The number of rotatable bonds is 5. The molecule has 0 amide bonds. The molecule has 0 N–H and O–H groups in total. The molecule has 0 nitrogen and oxygen atoms in total. The van der Waals surface area contributed by atoms with Gasteiger partial charge in [0.1, 0.15) is 7.59 Å². The Morgan fingerprint density at radius 2 is 0.778 bits per heavy atom. The summed E-state index contributed by atoms with van der Waals surface area (Å²) in [5.74, 6) is 0. The van der Waals surface area contributed by atoms with Gasteiger partial charge in [-0.15, -0.1) is 0 Å². The first-order valence-corrected chi connectivity index (χ1v) is 19.9. The van der Waals surface area contributed by atoms with E-state index in [0.29, 0.717) is 0 Å². The second-order valence-corrected chi connectivity index (χ2v) is 28.4. The van der Waals surface area contributed by atoms with Crippen LogP contribution in [0, 0.1) is 0 Å². The van der Waals surface area contributed by atoms with E-state index < -0.39 is 23.3 Å². The maximum absolute atomic E-state index is 2.59. The molecule has 0 aliphatic rings. The van der Waals surface area contributed by atoms with Crippen LogP contribution in [0.3, 0.4) is 0 Å². The smallest absolute Gasteiger partial charge is 0.0668 e. The van der Waals surface area contributed by atoms with Gasteiger partial charge in [-0.25, -0.2) is 0 Å². The molecule has 0 unspecified atom stereocenters. The minimum absolute atomic E-state index is 1.26. The van der Waals surface area contributed by atoms with E-state index in [1.807, 2.05) is 0 Å². The lowest BCUT2D eigenvalue weighted by molar-refractivity contribution is 1.66. The highest BCUT2D eigenvalue weighted by Crippen LogP contribution is 2.20. The van der Waals surface area contributed by atoms with Crippen LogP contribution in [0.1, 0.15) is 0 Å². The Hall–Kier alpha value is -1.69. The first kappa shape index (κ1) is 20.1. The lowest BCUT2D eigenvalue weighted by Crippen LogP contribution is -2.76. The van der Waals surface area contributed by atoms with E-state index in [0.717, 1.165) is 0 Å². The van der Waals surface area contributed by atoms with Gasteiger partial charge in [-0.3, -0.25) is 0 Å². The minimum Gasteiger partial charge on any atom is -0.0668 e. The highest BCUT2D eigenvalue weighted by Gasteiger charge is 2.48. The van der Waals surface area contributed by atoms with Crippen molar-refractivity contribution in [3.63, 3.8) is 0 Å². The third-order valence-electron chi connectivity index (χ3n) is 6.42. The van der Waals surface area contributed by atoms with Gasteiger partial charge in [0.05, 0.1) is 15.7 Å². The average molecular weight is 405 g/mol. The van der Waals surface area contributed by atoms with Crippen LogP contribution in [-0.4, -0.2) is 23.3 Å². The Morgan fingerprint density at radius 3 is 1.15 bits per heavy atom. The fraction of sp³-hybridized carbons (Fsp3) is 0.250. The van der Waals surface area contributed by atoms with Crippen molar-refractivity contribution < 1.29 is 0 Å². The van der Waals surface area contributed by atoms with E-state index in [2.05, 4.69) is 124 Å². The normalized spacial score (nSPS) is 12.8. The van der Waals surface area contributed by atoms with E-state index in [1.165, 1.54) is 0 Å². The average Bonchev–Trinajstić information content (AvgIpc) is 2.68. The van der Waals surface area contributed by atoms with Crippen LogP contribution in [-0.2, 0) is 0 Å². The van der Waals surface area contributed by atoms with Crippen molar-refractivity contribution in [2.75, 3.05) is 0 Å². The minimum atomic E-state index is -1.88. The Kier molecular flexibility index (Phi) is 5.48. The molecule has 0 spiro atoms. The van der Waals surface area contributed by atoms with Gasteiger partial charge in [0.25, 0.3) is 0 Å². The molecule has 0 fully saturated rings. The Morgan fingerprint density at radius 1 is 0.407 bits per heavy atom. The van der Waals surface area contributed by atoms with Gasteiger partial charge in [0.2, 0.25) is 0 Å². The molecule has 0 bridgehead atoms. The van der Waals surface area contributed by atoms with Crippen LogP contribution < -0.4 is 20.7 Å². The summed E-state index contributed by atoms with van der Waals surface area (Å²) in [4.78, 5) is 0. The van der Waals surface area contributed by atoms with Crippen LogP contribution in [0.4, 0.5) is 0 Å². The summed E-state index contributed by atoms with van der Waals surface area (Å²) in [6, 6.07) is 32.3. The van der Waals surface area contributed by atoms with E-state index in [-0.39, 0.29) is 0 Å². The molecule has 0 saturated heterocycles. The Bertz CT molecular complexity index is 837. The summed E-state index contributed by atoms with van der Waals surface area (Å²) in [7, 11) is -4.89. The summed E-state index contributed by atoms with van der Waals surface area (Å²) in [6.45, 7) is 15.0. The summed E-state index contributed by atoms with van der Waals surface area (Å²) in [5.41, 5.74) is 0. The van der Waals surface area contributed by atoms with Gasteiger partial charge in [0, 0.05) is 0 Å². The van der Waals surface area contributed by atoms with E-state index >= 15 is 0 Å². The third-order valence-corrected chi connectivity index (χ3v) is 25.8. The largest absolute Gasteiger partial charge is 0.112 e. The molecule has 3 aromatic carbocycles. The molecule has 3 heteroatoms. The summed E-state index contributed by atoms with van der Waals surface area (Å²) < 4.78 is 0. The zero-order valence-electron chi connectivity index (χ0n) is 17.6. The standard InChI is InChI=1S/C24H32Si3/c1-25(2,3)21-17-19-22(20-18-21)26(4,5)27(6,23-13-9-7-10-14-23)24-15-11-8-12-16-24/h7-20H,1-6H3. The molecule has 0 saturated carbocycles. The predicted octanol–water partition coefficient (Wildman–Crippen LogP) is 4.12. The van der Waals surface area contributed by atoms with Gasteiger partial charge in [-0.05, 0) is 0 Å². The van der Waals surface area contributed by atoms with E-state index in [9.17, 15) is 0 Å². The first-order chi connectivity index (χ1) is 12.7. The van der Waals surface area contributed by atoms with Crippen LogP contribution >= 0.6 is 0 Å². The molecule has 140 valence electrons. The SMILES string of the molecule is C[Si](C)(C)c1ccc([Si](C)(C)[Si](C)(c2ccccc2)c2ccccc2)cc1. The quantitative estimate of drug-likeness (QED) is 0.561. The lowest BCUT2D eigenvalue weighted by atomic mass is 10.4. The molecule has 0 heterocycles. The van der Waals surface area contributed by atoms with Crippen molar-refractivity contribution in [3.05, 3.63) is 84.9 Å². The van der Waals surface area contributed by atoms with Crippen molar-refractivity contribution >= 4 is 44.0 Å². The molecule has 0 atom stereocenters. The van der Waals surface area contributed by atoms with Crippen molar-refractivity contribution in [1.29, 1.82) is 0 Å². The van der Waals surface area contributed by atoms with Gasteiger partial charge in [-0.1, -0.05) is 145 Å². The van der Waals surface area contributed by atoms with Crippen molar-refractivity contribution in [3.8, 4) is 0 Å². The summed E-state index contributed by atoms with van der Waals surface area (Å²) in [6.07, 6.45) is 0. The molecule has 3 aromatic rings. The Labute approximate surface area is 168 Å². The topological polar surface area (TPSA) is 0 Å². The molecule has 27 heavy (non-hydrogen) atoms. The number of hydrogen-bond acceptors (Lipinski definition) is 0. The summed E-state index contributed by atoms with van der Waals surface area (Å²) >= 11 is 0. The van der Waals surface area contributed by atoms with Crippen molar-refractivity contribution in [2.45, 2.75) is 39.3 Å². The number of hydrogen-bond donors (Lipinski definition) is 0. The van der Waals surface area contributed by atoms with Crippen molar-refractivity contribution in [1.82, 2.24) is 0 Å². The Balaban J connectivity index is 2.17. The highest BCUT2D eigenvalue weighted by molar-refractivity contribution is 7.54. The molecule has 3 rings (SSSR count). The van der Waals surface area contributed by atoms with Crippen LogP contribution in [0.25, 0.3) is 0 Å². The van der Waals surface area contributed by atoms with E-state index in [4.69, 9.17) is 0 Å². The first-order valence-electron chi connectivity index (χ1n) is 9.89. The highest BCUT2D eigenvalue weighted by atomic mass is 29.3. The van der Waals surface area contributed by atoms with Gasteiger partial charge < -0.3 is 0 Å². The molecule has 0 aromatic heterocycles. The van der Waals surface area contributed by atoms with E-state index in [1.54, 1.807) is 20.7 Å². The van der Waals surface area contributed by atoms with Crippen molar-refractivity contribution in [2.24, 2.45) is 0 Å². The van der Waals surface area contributed by atoms with Gasteiger partial charge >= 0.3 is 0 Å². The monoisotopic (exact) mass is 404 g/mol. The molecule has 0 aliphatic carbocycles. The van der Waals surface area contributed by atoms with Gasteiger partial charge in [-0.2, -0.15) is 0 Å². The second-order valence-electron chi connectivity index (χ2n) is 9.31. The molecular weight excluding hydrogens is 373 g/mol. The molecule has 0 radical (unpaired) electrons. The third kappa shape index (κ3) is 3.68. The van der Waals surface area contributed by atoms with Gasteiger partial charge in [0.15, 0.2) is 0 Å². The summed E-state index contributed by atoms with van der Waals surface area (Å²) in [5, 5.41) is 6.26. The maximum Gasteiger partial charge on any atom is 0.112 e. The maximum atomic E-state index is 2.59. The van der Waals surface area contributed by atoms with Crippen LogP contribution in [0.2, 0.25) is 39.3 Å². The second kappa shape index (κ2) is 7.38. The lowest BCUT2D eigenvalue weighted by Gasteiger charge is -2.42. The zero-order valence-corrected chi connectivity index (χ0v) is 20.6.